The van der Waals surface area contributed by atoms with Gasteiger partial charge in [0.15, 0.2) is 11.5 Å². The maximum atomic E-state index is 11.9. The Morgan fingerprint density at radius 1 is 0.958 bits per heavy atom. The van der Waals surface area contributed by atoms with E-state index >= 15 is 0 Å². The van der Waals surface area contributed by atoms with Crippen LogP contribution in [0.25, 0.3) is 10.8 Å². The average molecular weight is 330 g/mol. The van der Waals surface area contributed by atoms with E-state index in [9.17, 15) is 4.79 Å². The minimum Gasteiger partial charge on any atom is -0.496 e. The highest BCUT2D eigenvalue weighted by Gasteiger charge is 2.27. The highest BCUT2D eigenvalue weighted by molar-refractivity contribution is 5.97. The SMILES string of the molecule is C=C(C)C(=O)OC(C)c1c(OC)c(OC)c2ccccc2c1OC. The molecule has 2 rings (SSSR count). The number of rotatable bonds is 6. The van der Waals surface area contributed by atoms with Crippen molar-refractivity contribution in [3.8, 4) is 17.2 Å². The van der Waals surface area contributed by atoms with Crippen LogP contribution in [0.4, 0.5) is 0 Å². The first-order valence-corrected chi connectivity index (χ1v) is 7.53. The fourth-order valence-corrected chi connectivity index (χ4v) is 2.69. The number of carbonyl (C=O) groups is 1. The number of hydrogen-bond acceptors (Lipinski definition) is 5. The minimum absolute atomic E-state index is 0.326. The molecule has 0 aromatic heterocycles. The number of benzene rings is 2. The highest BCUT2D eigenvalue weighted by Crippen LogP contribution is 2.48. The molecule has 0 bridgehead atoms. The van der Waals surface area contributed by atoms with Gasteiger partial charge in [0.2, 0.25) is 0 Å². The molecule has 2 aromatic carbocycles. The van der Waals surface area contributed by atoms with Crippen molar-refractivity contribution in [2.75, 3.05) is 21.3 Å². The van der Waals surface area contributed by atoms with Crippen LogP contribution in [0.2, 0.25) is 0 Å². The van der Waals surface area contributed by atoms with Gasteiger partial charge in [0.25, 0.3) is 0 Å². The molecule has 5 nitrogen and oxygen atoms in total. The molecular weight excluding hydrogens is 308 g/mol. The quantitative estimate of drug-likeness (QED) is 0.591. The minimum atomic E-state index is -0.599. The van der Waals surface area contributed by atoms with Gasteiger partial charge >= 0.3 is 5.97 Å². The Hall–Kier alpha value is -2.69. The summed E-state index contributed by atoms with van der Waals surface area (Å²) in [6, 6.07) is 7.67. The average Bonchev–Trinajstić information content (AvgIpc) is 2.58. The summed E-state index contributed by atoms with van der Waals surface area (Å²) < 4.78 is 22.2. The van der Waals surface area contributed by atoms with Crippen molar-refractivity contribution < 1.29 is 23.7 Å². The van der Waals surface area contributed by atoms with E-state index in [0.717, 1.165) is 10.8 Å². The van der Waals surface area contributed by atoms with Gasteiger partial charge in [-0.25, -0.2) is 4.79 Å². The molecule has 0 aliphatic heterocycles. The zero-order valence-corrected chi connectivity index (χ0v) is 14.6. The van der Waals surface area contributed by atoms with Crippen molar-refractivity contribution >= 4 is 16.7 Å². The summed E-state index contributed by atoms with van der Waals surface area (Å²) in [5.41, 5.74) is 0.942. The van der Waals surface area contributed by atoms with Crippen LogP contribution in [0.5, 0.6) is 17.2 Å². The van der Waals surface area contributed by atoms with Crippen LogP contribution in [0.3, 0.4) is 0 Å². The highest BCUT2D eigenvalue weighted by atomic mass is 16.5. The van der Waals surface area contributed by atoms with Gasteiger partial charge in [0.05, 0.1) is 26.9 Å². The fourth-order valence-electron chi connectivity index (χ4n) is 2.69. The maximum absolute atomic E-state index is 11.9. The van der Waals surface area contributed by atoms with E-state index in [1.54, 1.807) is 35.2 Å². The summed E-state index contributed by atoms with van der Waals surface area (Å²) in [5.74, 6) is 1.17. The van der Waals surface area contributed by atoms with Crippen LogP contribution in [0, 0.1) is 0 Å². The topological polar surface area (TPSA) is 54.0 Å². The third-order valence-electron chi connectivity index (χ3n) is 3.76. The van der Waals surface area contributed by atoms with Crippen molar-refractivity contribution in [1.29, 1.82) is 0 Å². The number of carbonyl (C=O) groups excluding carboxylic acids is 1. The zero-order chi connectivity index (χ0) is 17.9. The molecule has 0 saturated carbocycles. The summed E-state index contributed by atoms with van der Waals surface area (Å²) in [4.78, 5) is 11.9. The molecular formula is C19H22O5. The standard InChI is InChI=1S/C19H22O5/c1-11(2)19(20)24-12(3)15-16(21-4)13-9-7-8-10-14(13)17(22-5)18(15)23-6/h7-10,12H,1H2,2-6H3. The molecule has 1 atom stereocenters. The molecule has 0 aliphatic rings. The van der Waals surface area contributed by atoms with Gasteiger partial charge in [-0.15, -0.1) is 0 Å². The number of methoxy groups -OCH3 is 3. The number of ether oxygens (including phenoxy) is 4. The second kappa shape index (κ2) is 7.25. The molecule has 0 heterocycles. The van der Waals surface area contributed by atoms with E-state index in [2.05, 4.69) is 6.58 Å². The van der Waals surface area contributed by atoms with Crippen molar-refractivity contribution in [2.24, 2.45) is 0 Å². The maximum Gasteiger partial charge on any atom is 0.333 e. The molecule has 0 amide bonds. The van der Waals surface area contributed by atoms with Crippen molar-refractivity contribution in [3.63, 3.8) is 0 Å². The molecule has 0 fully saturated rings. The number of esters is 1. The van der Waals surface area contributed by atoms with Gasteiger partial charge < -0.3 is 18.9 Å². The lowest BCUT2D eigenvalue weighted by molar-refractivity contribution is -0.143. The Labute approximate surface area is 141 Å². The summed E-state index contributed by atoms with van der Waals surface area (Å²) >= 11 is 0. The molecule has 1 unspecified atom stereocenters. The molecule has 0 N–H and O–H groups in total. The first-order valence-electron chi connectivity index (χ1n) is 7.53. The Morgan fingerprint density at radius 3 is 1.92 bits per heavy atom. The molecule has 24 heavy (non-hydrogen) atoms. The van der Waals surface area contributed by atoms with E-state index < -0.39 is 12.1 Å². The number of hydrogen-bond donors (Lipinski definition) is 0. The van der Waals surface area contributed by atoms with Crippen LogP contribution >= 0.6 is 0 Å². The summed E-state index contributed by atoms with van der Waals surface area (Å²) in [6.45, 7) is 6.97. The Kier molecular flexibility index (Phi) is 5.34. The molecule has 2 aromatic rings. The van der Waals surface area contributed by atoms with Gasteiger partial charge in [-0.1, -0.05) is 30.8 Å². The van der Waals surface area contributed by atoms with E-state index in [4.69, 9.17) is 18.9 Å². The molecule has 0 spiro atoms. The lowest BCUT2D eigenvalue weighted by atomic mass is 9.99. The van der Waals surface area contributed by atoms with Crippen molar-refractivity contribution in [2.45, 2.75) is 20.0 Å². The molecule has 5 heteroatoms. The summed E-state index contributed by atoms with van der Waals surface area (Å²) in [7, 11) is 4.69. The predicted octanol–water partition coefficient (Wildman–Crippen LogP) is 4.05. The smallest absolute Gasteiger partial charge is 0.333 e. The first kappa shape index (κ1) is 17.7. The van der Waals surface area contributed by atoms with Crippen LogP contribution in [0.1, 0.15) is 25.5 Å². The van der Waals surface area contributed by atoms with Gasteiger partial charge in [-0.3, -0.25) is 0 Å². The number of fused-ring (bicyclic) bond motifs is 1. The monoisotopic (exact) mass is 330 g/mol. The van der Waals surface area contributed by atoms with E-state index in [1.807, 2.05) is 24.3 Å². The second-order valence-corrected chi connectivity index (χ2v) is 5.39. The van der Waals surface area contributed by atoms with Gasteiger partial charge in [0.1, 0.15) is 11.9 Å². The van der Waals surface area contributed by atoms with Gasteiger partial charge in [-0.2, -0.15) is 0 Å². The fraction of sp³-hybridized carbons (Fsp3) is 0.316. The van der Waals surface area contributed by atoms with Crippen LogP contribution < -0.4 is 14.2 Å². The Morgan fingerprint density at radius 2 is 1.46 bits per heavy atom. The summed E-state index contributed by atoms with van der Waals surface area (Å²) in [6.07, 6.45) is -0.599. The first-order chi connectivity index (χ1) is 11.5. The van der Waals surface area contributed by atoms with Crippen LogP contribution in [0.15, 0.2) is 36.4 Å². The van der Waals surface area contributed by atoms with E-state index in [0.29, 0.717) is 28.4 Å². The second-order valence-electron chi connectivity index (χ2n) is 5.39. The third-order valence-corrected chi connectivity index (χ3v) is 3.76. The van der Waals surface area contributed by atoms with Crippen LogP contribution in [-0.4, -0.2) is 27.3 Å². The molecule has 0 aliphatic carbocycles. The van der Waals surface area contributed by atoms with Crippen molar-refractivity contribution in [1.82, 2.24) is 0 Å². The molecule has 0 saturated heterocycles. The lowest BCUT2D eigenvalue weighted by Crippen LogP contribution is -2.12. The molecule has 0 radical (unpaired) electrons. The van der Waals surface area contributed by atoms with E-state index in [-0.39, 0.29) is 0 Å². The van der Waals surface area contributed by atoms with Gasteiger partial charge in [-0.05, 0) is 13.8 Å². The third kappa shape index (κ3) is 3.02. The van der Waals surface area contributed by atoms with E-state index in [1.165, 1.54) is 0 Å². The van der Waals surface area contributed by atoms with Crippen LogP contribution in [-0.2, 0) is 9.53 Å². The van der Waals surface area contributed by atoms with Gasteiger partial charge in [0, 0.05) is 16.3 Å². The lowest BCUT2D eigenvalue weighted by Gasteiger charge is -2.23. The normalized spacial score (nSPS) is 11.7. The largest absolute Gasteiger partial charge is 0.496 e. The Balaban J connectivity index is 2.75. The summed E-state index contributed by atoms with van der Waals surface area (Å²) in [5, 5.41) is 1.71. The van der Waals surface area contributed by atoms with Crippen molar-refractivity contribution in [3.05, 3.63) is 42.0 Å². The predicted molar refractivity (Wildman–Crippen MR) is 92.9 cm³/mol. The Bertz CT molecular complexity index is 779. The molecule has 128 valence electrons. The zero-order valence-electron chi connectivity index (χ0n) is 14.6.